The molecule has 1 fully saturated rings. The van der Waals surface area contributed by atoms with Crippen LogP contribution in [-0.4, -0.2) is 50.1 Å². The molecule has 21 heavy (non-hydrogen) atoms. The number of nitrogens with zero attached hydrogens (tertiary/aromatic N) is 4. The van der Waals surface area contributed by atoms with Crippen molar-refractivity contribution in [3.63, 3.8) is 0 Å². The zero-order chi connectivity index (χ0) is 14.8. The molecule has 1 N–H and O–H groups in total. The Balaban J connectivity index is 1.70. The molecule has 1 aromatic heterocycles. The van der Waals surface area contributed by atoms with Gasteiger partial charge in [0.05, 0.1) is 18.8 Å². The van der Waals surface area contributed by atoms with E-state index < -0.39 is 6.10 Å². The maximum atomic E-state index is 13.1. The quantitative estimate of drug-likeness (QED) is 0.902. The minimum atomic E-state index is -0.462. The zero-order valence-electron chi connectivity index (χ0n) is 11.3. The minimum absolute atomic E-state index is 0.237. The second-order valence-electron chi connectivity index (χ2n) is 5.12. The number of halogens is 1. The number of aliphatic hydroxyl groups is 1. The molecule has 110 valence electrons. The number of rotatable bonds is 3. The van der Waals surface area contributed by atoms with Crippen LogP contribution < -0.4 is 0 Å². The Labute approximate surface area is 120 Å². The highest BCUT2D eigenvalue weighted by atomic mass is 19.1. The molecular formula is C14H15FN4O2. The average molecular weight is 290 g/mol. The van der Waals surface area contributed by atoms with E-state index in [-0.39, 0.29) is 17.4 Å². The summed E-state index contributed by atoms with van der Waals surface area (Å²) in [4.78, 5) is 13.7. The summed E-state index contributed by atoms with van der Waals surface area (Å²) in [6.45, 7) is 1.20. The third-order valence-corrected chi connectivity index (χ3v) is 3.44. The Hall–Kier alpha value is -2.28. The standard InChI is InChI=1S/C14H15FN4O2/c15-11-3-1-2-10(6-11)7-19-9-13(16-17-19)14(21)18-5-4-12(20)8-18/h1-3,6,9,12,20H,4-5,7-8H2/t12-/m0/s1. The highest BCUT2D eigenvalue weighted by Gasteiger charge is 2.27. The fourth-order valence-electron chi connectivity index (χ4n) is 2.38. The van der Waals surface area contributed by atoms with Crippen molar-refractivity contribution in [2.24, 2.45) is 0 Å². The van der Waals surface area contributed by atoms with Crippen LogP contribution in [0.25, 0.3) is 0 Å². The first kappa shape index (κ1) is 13.7. The van der Waals surface area contributed by atoms with Crippen LogP contribution in [0.3, 0.4) is 0 Å². The fraction of sp³-hybridized carbons (Fsp3) is 0.357. The number of likely N-dealkylation sites (tertiary alicyclic amines) is 1. The lowest BCUT2D eigenvalue weighted by atomic mass is 10.2. The average Bonchev–Trinajstić information content (AvgIpc) is 3.07. The normalized spacial score (nSPS) is 18.2. The van der Waals surface area contributed by atoms with E-state index in [4.69, 9.17) is 0 Å². The number of aliphatic hydroxyl groups excluding tert-OH is 1. The van der Waals surface area contributed by atoms with Crippen LogP contribution in [0.5, 0.6) is 0 Å². The van der Waals surface area contributed by atoms with Crippen LogP contribution in [0.2, 0.25) is 0 Å². The third kappa shape index (κ3) is 3.08. The van der Waals surface area contributed by atoms with Gasteiger partial charge in [0.1, 0.15) is 5.82 Å². The maximum Gasteiger partial charge on any atom is 0.276 e. The van der Waals surface area contributed by atoms with Crippen molar-refractivity contribution in [1.29, 1.82) is 0 Å². The molecule has 3 rings (SSSR count). The van der Waals surface area contributed by atoms with Gasteiger partial charge in [0.25, 0.3) is 5.91 Å². The molecule has 0 saturated carbocycles. The van der Waals surface area contributed by atoms with Gasteiger partial charge in [0, 0.05) is 13.1 Å². The lowest BCUT2D eigenvalue weighted by molar-refractivity contribution is 0.0759. The molecule has 0 radical (unpaired) electrons. The topological polar surface area (TPSA) is 71.2 Å². The van der Waals surface area contributed by atoms with E-state index >= 15 is 0 Å². The van der Waals surface area contributed by atoms with Crippen molar-refractivity contribution in [2.45, 2.75) is 19.1 Å². The molecule has 6 nitrogen and oxygen atoms in total. The third-order valence-electron chi connectivity index (χ3n) is 3.44. The Kier molecular flexibility index (Phi) is 3.66. The number of carbonyl (C=O) groups is 1. The first-order valence-corrected chi connectivity index (χ1v) is 6.74. The molecule has 2 aromatic rings. The van der Waals surface area contributed by atoms with Crippen LogP contribution in [0.15, 0.2) is 30.5 Å². The predicted molar refractivity (Wildman–Crippen MR) is 72.1 cm³/mol. The van der Waals surface area contributed by atoms with Crippen LogP contribution in [-0.2, 0) is 6.54 Å². The van der Waals surface area contributed by atoms with Crippen LogP contribution in [0.4, 0.5) is 4.39 Å². The molecule has 1 saturated heterocycles. The first-order valence-electron chi connectivity index (χ1n) is 6.74. The van der Waals surface area contributed by atoms with Gasteiger partial charge in [-0.3, -0.25) is 4.79 Å². The molecule has 7 heteroatoms. The molecule has 1 atom stereocenters. The lowest BCUT2D eigenvalue weighted by Crippen LogP contribution is -2.29. The molecule has 0 spiro atoms. The van der Waals surface area contributed by atoms with Gasteiger partial charge >= 0.3 is 0 Å². The summed E-state index contributed by atoms with van der Waals surface area (Å²) >= 11 is 0. The summed E-state index contributed by atoms with van der Waals surface area (Å²) in [6.07, 6.45) is 1.66. The van der Waals surface area contributed by atoms with E-state index in [0.717, 1.165) is 5.56 Å². The summed E-state index contributed by atoms with van der Waals surface area (Å²) in [6, 6.07) is 6.20. The van der Waals surface area contributed by atoms with Gasteiger partial charge in [-0.2, -0.15) is 0 Å². The monoisotopic (exact) mass is 290 g/mol. The number of β-amino-alcohol motifs (C(OH)–C–C–N with tert-alkyl or cyclic N) is 1. The fourth-order valence-corrected chi connectivity index (χ4v) is 2.38. The highest BCUT2D eigenvalue weighted by molar-refractivity contribution is 5.92. The second kappa shape index (κ2) is 5.61. The number of hydrogen-bond acceptors (Lipinski definition) is 4. The summed E-state index contributed by atoms with van der Waals surface area (Å²) in [5, 5.41) is 17.2. The van der Waals surface area contributed by atoms with Gasteiger partial charge in [-0.05, 0) is 24.1 Å². The van der Waals surface area contributed by atoms with Crippen molar-refractivity contribution < 1.29 is 14.3 Å². The van der Waals surface area contributed by atoms with Gasteiger partial charge in [0.2, 0.25) is 0 Å². The van der Waals surface area contributed by atoms with E-state index in [1.165, 1.54) is 23.0 Å². The second-order valence-corrected chi connectivity index (χ2v) is 5.12. The number of hydrogen-bond donors (Lipinski definition) is 1. The Morgan fingerprint density at radius 2 is 2.33 bits per heavy atom. The summed E-state index contributed by atoms with van der Waals surface area (Å²) in [5.74, 6) is -0.549. The number of benzene rings is 1. The molecule has 0 unspecified atom stereocenters. The van der Waals surface area contributed by atoms with E-state index in [0.29, 0.717) is 26.1 Å². The molecule has 1 aromatic carbocycles. The number of amides is 1. The van der Waals surface area contributed by atoms with E-state index in [1.807, 2.05) is 0 Å². The van der Waals surface area contributed by atoms with Gasteiger partial charge in [-0.1, -0.05) is 17.3 Å². The predicted octanol–water partition coefficient (Wildman–Crippen LogP) is 0.672. The van der Waals surface area contributed by atoms with Crippen LogP contribution in [0.1, 0.15) is 22.5 Å². The van der Waals surface area contributed by atoms with Gasteiger partial charge in [-0.25, -0.2) is 9.07 Å². The van der Waals surface area contributed by atoms with Crippen molar-refractivity contribution in [2.75, 3.05) is 13.1 Å². The van der Waals surface area contributed by atoms with Crippen molar-refractivity contribution in [3.8, 4) is 0 Å². The van der Waals surface area contributed by atoms with Crippen LogP contribution >= 0.6 is 0 Å². The largest absolute Gasteiger partial charge is 0.391 e. The molecule has 1 aliphatic heterocycles. The van der Waals surface area contributed by atoms with Crippen molar-refractivity contribution in [1.82, 2.24) is 19.9 Å². The molecule has 1 aliphatic rings. The summed E-state index contributed by atoms with van der Waals surface area (Å²) in [7, 11) is 0. The first-order chi connectivity index (χ1) is 10.1. The van der Waals surface area contributed by atoms with E-state index in [2.05, 4.69) is 10.3 Å². The molecular weight excluding hydrogens is 275 g/mol. The lowest BCUT2D eigenvalue weighted by Gasteiger charge is -2.12. The smallest absolute Gasteiger partial charge is 0.276 e. The van der Waals surface area contributed by atoms with Crippen molar-refractivity contribution >= 4 is 5.91 Å². The van der Waals surface area contributed by atoms with Gasteiger partial charge < -0.3 is 10.0 Å². The number of carbonyl (C=O) groups excluding carboxylic acids is 1. The van der Waals surface area contributed by atoms with Crippen LogP contribution in [0, 0.1) is 5.82 Å². The van der Waals surface area contributed by atoms with Crippen molar-refractivity contribution in [3.05, 3.63) is 47.5 Å². The van der Waals surface area contributed by atoms with Gasteiger partial charge in [0.15, 0.2) is 5.69 Å². The SMILES string of the molecule is O=C(c1cn(Cc2cccc(F)c2)nn1)N1CC[C@H](O)C1. The Morgan fingerprint density at radius 3 is 3.05 bits per heavy atom. The Bertz CT molecular complexity index is 658. The Morgan fingerprint density at radius 1 is 1.48 bits per heavy atom. The van der Waals surface area contributed by atoms with Gasteiger partial charge in [-0.15, -0.1) is 5.10 Å². The minimum Gasteiger partial charge on any atom is -0.391 e. The summed E-state index contributed by atoms with van der Waals surface area (Å²) in [5.41, 5.74) is 0.982. The summed E-state index contributed by atoms with van der Waals surface area (Å²) < 4.78 is 14.6. The van der Waals surface area contributed by atoms with E-state index in [1.54, 1.807) is 17.0 Å². The molecule has 2 heterocycles. The molecule has 0 bridgehead atoms. The highest BCUT2D eigenvalue weighted by Crippen LogP contribution is 2.12. The van der Waals surface area contributed by atoms with E-state index in [9.17, 15) is 14.3 Å². The number of aromatic nitrogens is 3. The zero-order valence-corrected chi connectivity index (χ0v) is 11.3. The molecule has 1 amide bonds. The maximum absolute atomic E-state index is 13.1. The molecule has 0 aliphatic carbocycles.